The molecule has 0 aliphatic carbocycles. The van der Waals surface area contributed by atoms with Crippen molar-refractivity contribution in [3.05, 3.63) is 60.2 Å². The standard InChI is InChI=1S/C30H39N3O5/c1-5-20(4)22(18-34)33-26-29(37)32(19(2)3)16-10-14-30(26)25(28(33)36)24-23(38-30)13-9-15-31(27(24)35)17-21-11-7-6-8-12-21/h6-14,19-20,22-26,34H,5,15-18H2,1-4H3/t20-,22-,23-,24+,25-,26?,30-/m0/s1. The van der Waals surface area contributed by atoms with Crippen LogP contribution in [0.15, 0.2) is 54.6 Å². The van der Waals surface area contributed by atoms with Crippen LogP contribution in [0.5, 0.6) is 0 Å². The van der Waals surface area contributed by atoms with Gasteiger partial charge in [-0.05, 0) is 25.3 Å². The summed E-state index contributed by atoms with van der Waals surface area (Å²) < 4.78 is 6.70. The number of amides is 3. The number of nitrogens with zero attached hydrogens (tertiary/aromatic N) is 3. The lowest BCUT2D eigenvalue weighted by Crippen LogP contribution is -2.60. The van der Waals surface area contributed by atoms with Crippen molar-refractivity contribution in [3.63, 3.8) is 0 Å². The monoisotopic (exact) mass is 521 g/mol. The van der Waals surface area contributed by atoms with E-state index in [-0.39, 0.29) is 36.3 Å². The first kappa shape index (κ1) is 26.6. The van der Waals surface area contributed by atoms with E-state index < -0.39 is 35.6 Å². The summed E-state index contributed by atoms with van der Waals surface area (Å²) in [4.78, 5) is 47.8. The molecular formula is C30H39N3O5. The average molecular weight is 522 g/mol. The van der Waals surface area contributed by atoms with Gasteiger partial charge < -0.3 is 24.5 Å². The first-order valence-electron chi connectivity index (χ1n) is 13.8. The quantitative estimate of drug-likeness (QED) is 0.557. The Hall–Kier alpha value is -2.97. The molecule has 8 heteroatoms. The number of carbonyl (C=O) groups is 3. The van der Waals surface area contributed by atoms with Gasteiger partial charge in [0.2, 0.25) is 17.7 Å². The number of ether oxygens (including phenoxy) is 1. The third-order valence-corrected chi connectivity index (χ3v) is 8.90. The van der Waals surface area contributed by atoms with Crippen LogP contribution < -0.4 is 0 Å². The first-order valence-corrected chi connectivity index (χ1v) is 13.8. The molecule has 4 heterocycles. The van der Waals surface area contributed by atoms with Crippen molar-refractivity contribution in [2.45, 2.75) is 70.5 Å². The molecule has 0 radical (unpaired) electrons. The molecule has 1 unspecified atom stereocenters. The Morgan fingerprint density at radius 1 is 1.03 bits per heavy atom. The van der Waals surface area contributed by atoms with Gasteiger partial charge in [-0.2, -0.15) is 0 Å². The Balaban J connectivity index is 1.59. The number of hydrogen-bond acceptors (Lipinski definition) is 5. The van der Waals surface area contributed by atoms with Crippen LogP contribution in [0.2, 0.25) is 0 Å². The van der Waals surface area contributed by atoms with Crippen LogP contribution in [-0.4, -0.2) is 87.1 Å². The van der Waals surface area contributed by atoms with Gasteiger partial charge in [-0.3, -0.25) is 14.4 Å². The molecular weight excluding hydrogens is 482 g/mol. The van der Waals surface area contributed by atoms with Gasteiger partial charge in [0.05, 0.1) is 30.6 Å². The Bertz CT molecular complexity index is 1130. The van der Waals surface area contributed by atoms with Gasteiger partial charge in [0.15, 0.2) is 0 Å². The van der Waals surface area contributed by atoms with E-state index in [2.05, 4.69) is 0 Å². The van der Waals surface area contributed by atoms with Gasteiger partial charge >= 0.3 is 0 Å². The fourth-order valence-corrected chi connectivity index (χ4v) is 6.73. The zero-order valence-corrected chi connectivity index (χ0v) is 22.7. The van der Waals surface area contributed by atoms with E-state index in [1.807, 2.05) is 82.3 Å². The number of benzene rings is 1. The lowest BCUT2D eigenvalue weighted by Gasteiger charge is -2.41. The largest absolute Gasteiger partial charge is 0.394 e. The van der Waals surface area contributed by atoms with Gasteiger partial charge in [0.1, 0.15) is 11.6 Å². The highest BCUT2D eigenvalue weighted by Crippen LogP contribution is 2.54. The number of likely N-dealkylation sites (tertiary alicyclic amines) is 1. The molecule has 5 rings (SSSR count). The van der Waals surface area contributed by atoms with Crippen molar-refractivity contribution in [2.75, 3.05) is 19.7 Å². The van der Waals surface area contributed by atoms with E-state index in [0.29, 0.717) is 19.6 Å². The van der Waals surface area contributed by atoms with Crippen LogP contribution in [0.3, 0.4) is 0 Å². The third kappa shape index (κ3) is 4.09. The Labute approximate surface area is 224 Å². The highest BCUT2D eigenvalue weighted by atomic mass is 16.5. The van der Waals surface area contributed by atoms with Gasteiger partial charge in [-0.15, -0.1) is 0 Å². The highest BCUT2D eigenvalue weighted by molar-refractivity contribution is 6.00. The summed E-state index contributed by atoms with van der Waals surface area (Å²) in [6.07, 6.45) is 7.70. The van der Waals surface area contributed by atoms with Crippen LogP contribution in [0.25, 0.3) is 0 Å². The van der Waals surface area contributed by atoms with E-state index in [0.717, 1.165) is 12.0 Å². The summed E-state index contributed by atoms with van der Waals surface area (Å²) in [5.74, 6) is -2.27. The van der Waals surface area contributed by atoms with Crippen molar-refractivity contribution in [1.82, 2.24) is 14.7 Å². The summed E-state index contributed by atoms with van der Waals surface area (Å²) in [6, 6.07) is 8.22. The summed E-state index contributed by atoms with van der Waals surface area (Å²) in [5, 5.41) is 10.5. The maximum absolute atomic E-state index is 14.4. The SMILES string of the molecule is CC[C@H](C)[C@H](CO)N1C(=O)[C@@H]2[C@@H]3C(=O)N(Cc4ccccc4)CC=C[C@@H]3O[C@@]23C=CCN(C(C)C)C(=O)C13. The molecule has 1 aromatic carbocycles. The van der Waals surface area contributed by atoms with E-state index in [1.165, 1.54) is 0 Å². The van der Waals surface area contributed by atoms with Crippen molar-refractivity contribution >= 4 is 17.7 Å². The molecule has 38 heavy (non-hydrogen) atoms. The highest BCUT2D eigenvalue weighted by Gasteiger charge is 2.72. The second kappa shape index (κ2) is 10.3. The van der Waals surface area contributed by atoms with Gasteiger partial charge in [0, 0.05) is 25.7 Å². The van der Waals surface area contributed by atoms with Crippen LogP contribution in [0.4, 0.5) is 0 Å². The third-order valence-electron chi connectivity index (χ3n) is 8.90. The predicted octanol–water partition coefficient (Wildman–Crippen LogP) is 2.38. The van der Waals surface area contributed by atoms with Crippen LogP contribution in [0.1, 0.15) is 39.7 Å². The van der Waals surface area contributed by atoms with Crippen LogP contribution in [-0.2, 0) is 25.7 Å². The second-order valence-electron chi connectivity index (χ2n) is 11.3. The van der Waals surface area contributed by atoms with Gasteiger partial charge in [-0.25, -0.2) is 0 Å². The molecule has 3 amide bonds. The molecule has 0 bridgehead atoms. The number of carbonyl (C=O) groups excluding carboxylic acids is 3. The van der Waals surface area contributed by atoms with Crippen molar-refractivity contribution in [3.8, 4) is 0 Å². The Kier molecular flexibility index (Phi) is 7.22. The van der Waals surface area contributed by atoms with Crippen molar-refractivity contribution < 1.29 is 24.2 Å². The minimum absolute atomic E-state index is 0.0394. The van der Waals surface area contributed by atoms with E-state index >= 15 is 0 Å². The Morgan fingerprint density at radius 2 is 1.76 bits per heavy atom. The topological polar surface area (TPSA) is 90.4 Å². The number of aliphatic hydroxyl groups excluding tert-OH is 1. The summed E-state index contributed by atoms with van der Waals surface area (Å²) in [6.45, 7) is 8.88. The van der Waals surface area contributed by atoms with Gasteiger partial charge in [-0.1, -0.05) is 74.9 Å². The van der Waals surface area contributed by atoms with E-state index in [1.54, 1.807) is 14.7 Å². The maximum Gasteiger partial charge on any atom is 0.249 e. The minimum atomic E-state index is -1.27. The molecule has 4 aliphatic heterocycles. The molecule has 0 aromatic heterocycles. The fraction of sp³-hybridized carbons (Fsp3) is 0.567. The summed E-state index contributed by atoms with van der Waals surface area (Å²) in [7, 11) is 0. The average Bonchev–Trinajstić information content (AvgIpc) is 3.22. The normalized spacial score (nSPS) is 32.3. The lowest BCUT2D eigenvalue weighted by molar-refractivity contribution is -0.153. The maximum atomic E-state index is 14.4. The fourth-order valence-electron chi connectivity index (χ4n) is 6.73. The number of aliphatic hydroxyl groups is 1. The molecule has 2 saturated heterocycles. The molecule has 4 aliphatic rings. The molecule has 1 aromatic rings. The second-order valence-corrected chi connectivity index (χ2v) is 11.3. The number of hydrogen-bond donors (Lipinski definition) is 1. The molecule has 2 fully saturated rings. The zero-order valence-electron chi connectivity index (χ0n) is 22.7. The minimum Gasteiger partial charge on any atom is -0.394 e. The molecule has 0 saturated carbocycles. The number of rotatable bonds is 7. The molecule has 1 spiro atoms. The van der Waals surface area contributed by atoms with Crippen LogP contribution in [0, 0.1) is 17.8 Å². The zero-order chi connectivity index (χ0) is 27.2. The van der Waals surface area contributed by atoms with Crippen molar-refractivity contribution in [1.29, 1.82) is 0 Å². The van der Waals surface area contributed by atoms with Gasteiger partial charge in [0.25, 0.3) is 0 Å². The molecule has 1 N–H and O–H groups in total. The summed E-state index contributed by atoms with van der Waals surface area (Å²) in [5.41, 5.74) is -0.267. The first-order chi connectivity index (χ1) is 18.2. The molecule has 8 nitrogen and oxygen atoms in total. The van der Waals surface area contributed by atoms with Crippen molar-refractivity contribution in [2.24, 2.45) is 17.8 Å². The lowest BCUT2D eigenvalue weighted by atomic mass is 9.77. The van der Waals surface area contributed by atoms with E-state index in [4.69, 9.17) is 4.74 Å². The van der Waals surface area contributed by atoms with Crippen LogP contribution >= 0.6 is 0 Å². The smallest absolute Gasteiger partial charge is 0.249 e. The number of fused-ring (bicyclic) bond motifs is 2. The summed E-state index contributed by atoms with van der Waals surface area (Å²) >= 11 is 0. The molecule has 7 atom stereocenters. The molecule has 204 valence electrons. The Morgan fingerprint density at radius 3 is 2.42 bits per heavy atom. The van der Waals surface area contributed by atoms with E-state index in [9.17, 15) is 19.5 Å². The predicted molar refractivity (Wildman–Crippen MR) is 143 cm³/mol.